The van der Waals surface area contributed by atoms with Gasteiger partial charge in [0, 0.05) is 24.6 Å². The fourth-order valence-corrected chi connectivity index (χ4v) is 4.61. The number of aromatic nitrogens is 2. The van der Waals surface area contributed by atoms with E-state index in [4.69, 9.17) is 0 Å². The first-order chi connectivity index (χ1) is 13.5. The number of rotatable bonds is 3. The molecule has 2 aromatic carbocycles. The molecule has 2 N–H and O–H groups in total. The van der Waals surface area contributed by atoms with E-state index in [1.54, 1.807) is 35.2 Å². The number of carbonyl (C=O) groups excluding carboxylic acids is 1. The van der Waals surface area contributed by atoms with Gasteiger partial charge in [-0.25, -0.2) is 13.4 Å². The van der Waals surface area contributed by atoms with Crippen LogP contribution in [0.25, 0.3) is 11.0 Å². The molecule has 2 heterocycles. The van der Waals surface area contributed by atoms with Gasteiger partial charge in [0.25, 0.3) is 10.0 Å². The van der Waals surface area contributed by atoms with Crippen LogP contribution in [-0.2, 0) is 26.7 Å². The van der Waals surface area contributed by atoms with E-state index in [0.29, 0.717) is 18.7 Å². The summed E-state index contributed by atoms with van der Waals surface area (Å²) in [6.07, 6.45) is 0.647. The molecule has 0 atom stereocenters. The third kappa shape index (κ3) is 3.60. The predicted octanol–water partition coefficient (Wildman–Crippen LogP) is 3.57. The van der Waals surface area contributed by atoms with Crippen molar-refractivity contribution in [1.29, 1.82) is 0 Å². The van der Waals surface area contributed by atoms with E-state index in [-0.39, 0.29) is 16.2 Å². The summed E-state index contributed by atoms with van der Waals surface area (Å²) < 4.78 is 28.4. The molecule has 3 aromatic rings. The molecule has 0 unspecified atom stereocenters. The van der Waals surface area contributed by atoms with Crippen LogP contribution in [0, 0.1) is 0 Å². The van der Waals surface area contributed by atoms with Crippen LogP contribution >= 0.6 is 0 Å². The third-order valence-corrected chi connectivity index (χ3v) is 6.46. The lowest BCUT2D eigenvalue weighted by molar-refractivity contribution is -0.116. The lowest BCUT2D eigenvalue weighted by Gasteiger charge is -2.15. The van der Waals surface area contributed by atoms with Gasteiger partial charge in [-0.2, -0.15) is 0 Å². The van der Waals surface area contributed by atoms with Gasteiger partial charge in [-0.1, -0.05) is 20.8 Å². The highest BCUT2D eigenvalue weighted by atomic mass is 32.2. The standard InChI is InChI=1S/C21H24N4O3S/c1-13(26)25-10-9-14-11-16(6-8-19(14)25)29(27,28)24-15-5-7-17-18(12-15)23-20(22-17)21(2,3)4/h5-8,11-12,24H,9-10H2,1-4H3,(H,22,23). The number of aromatic amines is 1. The van der Waals surface area contributed by atoms with Gasteiger partial charge in [0.2, 0.25) is 5.91 Å². The van der Waals surface area contributed by atoms with Crippen LogP contribution in [0.4, 0.5) is 11.4 Å². The van der Waals surface area contributed by atoms with Crippen molar-refractivity contribution in [2.75, 3.05) is 16.2 Å². The molecule has 29 heavy (non-hydrogen) atoms. The van der Waals surface area contributed by atoms with Gasteiger partial charge in [0.05, 0.1) is 21.6 Å². The highest BCUT2D eigenvalue weighted by Gasteiger charge is 2.25. The van der Waals surface area contributed by atoms with Crippen molar-refractivity contribution in [1.82, 2.24) is 9.97 Å². The second-order valence-corrected chi connectivity index (χ2v) is 10.1. The second-order valence-electron chi connectivity index (χ2n) is 8.38. The number of nitrogens with zero attached hydrogens (tertiary/aromatic N) is 2. The quantitative estimate of drug-likeness (QED) is 0.687. The topological polar surface area (TPSA) is 95.2 Å². The summed E-state index contributed by atoms with van der Waals surface area (Å²) in [5.41, 5.74) is 3.55. The Morgan fingerprint density at radius 3 is 2.62 bits per heavy atom. The van der Waals surface area contributed by atoms with Gasteiger partial charge >= 0.3 is 0 Å². The molecule has 0 radical (unpaired) electrons. The number of fused-ring (bicyclic) bond motifs is 2. The number of hydrogen-bond acceptors (Lipinski definition) is 4. The fourth-order valence-electron chi connectivity index (χ4n) is 3.51. The number of hydrogen-bond donors (Lipinski definition) is 2. The minimum absolute atomic E-state index is 0.0417. The van der Waals surface area contributed by atoms with E-state index in [1.165, 1.54) is 13.0 Å². The number of benzene rings is 2. The van der Waals surface area contributed by atoms with Gasteiger partial charge < -0.3 is 9.88 Å². The summed E-state index contributed by atoms with van der Waals surface area (Å²) in [6.45, 7) is 8.28. The fraction of sp³-hybridized carbons (Fsp3) is 0.333. The molecule has 0 saturated carbocycles. The minimum atomic E-state index is -3.75. The Hall–Kier alpha value is -2.87. The highest BCUT2D eigenvalue weighted by molar-refractivity contribution is 7.92. The molecule has 1 aliphatic heterocycles. The van der Waals surface area contributed by atoms with Crippen LogP contribution in [0.2, 0.25) is 0 Å². The minimum Gasteiger partial charge on any atom is -0.341 e. The number of sulfonamides is 1. The average molecular weight is 413 g/mol. The molecule has 0 fully saturated rings. The Morgan fingerprint density at radius 1 is 1.17 bits per heavy atom. The second kappa shape index (κ2) is 6.59. The highest BCUT2D eigenvalue weighted by Crippen LogP contribution is 2.31. The third-order valence-electron chi connectivity index (χ3n) is 5.08. The van der Waals surface area contributed by atoms with Gasteiger partial charge in [0.1, 0.15) is 5.82 Å². The molecule has 0 bridgehead atoms. The molecule has 0 spiro atoms. The monoisotopic (exact) mass is 412 g/mol. The molecule has 152 valence electrons. The van der Waals surface area contributed by atoms with Gasteiger partial charge in [-0.3, -0.25) is 9.52 Å². The molecule has 1 amide bonds. The van der Waals surface area contributed by atoms with Gasteiger partial charge in [-0.05, 0) is 48.4 Å². The summed E-state index contributed by atoms with van der Waals surface area (Å²) in [5, 5.41) is 0. The first kappa shape index (κ1) is 19.4. The summed E-state index contributed by atoms with van der Waals surface area (Å²) in [4.78, 5) is 21.4. The summed E-state index contributed by atoms with van der Waals surface area (Å²) in [6, 6.07) is 10.1. The Balaban J connectivity index is 1.63. The number of anilines is 2. The summed E-state index contributed by atoms with van der Waals surface area (Å²) in [7, 11) is -3.75. The number of nitrogens with one attached hydrogen (secondary N) is 2. The van der Waals surface area contributed by atoms with Crippen LogP contribution in [0.5, 0.6) is 0 Å². The van der Waals surface area contributed by atoms with E-state index >= 15 is 0 Å². The first-order valence-electron chi connectivity index (χ1n) is 9.49. The molecular weight excluding hydrogens is 388 g/mol. The largest absolute Gasteiger partial charge is 0.341 e. The zero-order valence-corrected chi connectivity index (χ0v) is 17.7. The van der Waals surface area contributed by atoms with Crippen LogP contribution in [-0.4, -0.2) is 30.8 Å². The molecule has 7 nitrogen and oxygen atoms in total. The van der Waals surface area contributed by atoms with E-state index in [2.05, 4.69) is 35.5 Å². The average Bonchev–Trinajstić information content (AvgIpc) is 3.24. The number of imidazole rings is 1. The van der Waals surface area contributed by atoms with Crippen molar-refractivity contribution in [2.24, 2.45) is 0 Å². The summed E-state index contributed by atoms with van der Waals surface area (Å²) >= 11 is 0. The molecule has 1 aromatic heterocycles. The molecule has 8 heteroatoms. The Bertz CT molecular complexity index is 1220. The maximum absolute atomic E-state index is 12.9. The number of H-pyrrole nitrogens is 1. The number of carbonyl (C=O) groups is 1. The maximum Gasteiger partial charge on any atom is 0.261 e. The van der Waals surface area contributed by atoms with Crippen LogP contribution < -0.4 is 9.62 Å². The lowest BCUT2D eigenvalue weighted by atomic mass is 9.96. The summed E-state index contributed by atoms with van der Waals surface area (Å²) in [5.74, 6) is 0.807. The Kier molecular flexibility index (Phi) is 4.42. The molecular formula is C21H24N4O3S. The number of amides is 1. The molecule has 0 saturated heterocycles. The zero-order chi connectivity index (χ0) is 21.0. The zero-order valence-electron chi connectivity index (χ0n) is 16.9. The van der Waals surface area contributed by atoms with Crippen molar-refractivity contribution in [2.45, 2.75) is 44.4 Å². The van der Waals surface area contributed by atoms with Crippen molar-refractivity contribution < 1.29 is 13.2 Å². The smallest absolute Gasteiger partial charge is 0.261 e. The predicted molar refractivity (Wildman–Crippen MR) is 114 cm³/mol. The molecule has 4 rings (SSSR count). The van der Waals surface area contributed by atoms with E-state index in [1.807, 2.05) is 0 Å². The van der Waals surface area contributed by atoms with Gasteiger partial charge in [0.15, 0.2) is 0 Å². The van der Waals surface area contributed by atoms with E-state index in [0.717, 1.165) is 28.1 Å². The van der Waals surface area contributed by atoms with E-state index in [9.17, 15) is 13.2 Å². The lowest BCUT2D eigenvalue weighted by Crippen LogP contribution is -2.25. The van der Waals surface area contributed by atoms with Crippen molar-refractivity contribution >= 4 is 38.3 Å². The van der Waals surface area contributed by atoms with Crippen LogP contribution in [0.1, 0.15) is 39.1 Å². The van der Waals surface area contributed by atoms with E-state index < -0.39 is 10.0 Å². The Morgan fingerprint density at radius 2 is 1.93 bits per heavy atom. The van der Waals surface area contributed by atoms with Crippen molar-refractivity contribution in [3.63, 3.8) is 0 Å². The molecule has 1 aliphatic rings. The van der Waals surface area contributed by atoms with Crippen LogP contribution in [0.15, 0.2) is 41.3 Å². The first-order valence-corrected chi connectivity index (χ1v) is 11.0. The molecule has 0 aliphatic carbocycles. The SMILES string of the molecule is CC(=O)N1CCc2cc(S(=O)(=O)Nc3ccc4nc(C(C)(C)C)[nH]c4c3)ccc21. The maximum atomic E-state index is 12.9. The van der Waals surface area contributed by atoms with Gasteiger partial charge in [-0.15, -0.1) is 0 Å². The Labute approximate surface area is 170 Å². The van der Waals surface area contributed by atoms with Crippen molar-refractivity contribution in [3.8, 4) is 0 Å². The van der Waals surface area contributed by atoms with Crippen molar-refractivity contribution in [3.05, 3.63) is 47.8 Å². The normalized spacial score (nSPS) is 14.3. The van der Waals surface area contributed by atoms with Crippen LogP contribution in [0.3, 0.4) is 0 Å².